The van der Waals surface area contributed by atoms with Crippen LogP contribution in [0.15, 0.2) is 0 Å². The summed E-state index contributed by atoms with van der Waals surface area (Å²) in [4.78, 5) is 12.6. The lowest BCUT2D eigenvalue weighted by molar-refractivity contribution is -0.870. The first-order valence-electron chi connectivity index (χ1n) is 8.84. The molecule has 0 amide bonds. The Bertz CT molecular complexity index is 361. The predicted octanol–water partition coefficient (Wildman–Crippen LogP) is 3.23. The first-order valence-corrected chi connectivity index (χ1v) is 8.84. The van der Waals surface area contributed by atoms with Gasteiger partial charge in [0.2, 0.25) is 0 Å². The highest BCUT2D eigenvalue weighted by Crippen LogP contribution is 2.60. The highest BCUT2D eigenvalue weighted by Gasteiger charge is 2.55. The standard InChI is InChI=1S/C18H32NO2/c1-19(2,3)6-4-5-7-21-17(20)18-11-14-8-15(12-18)10-16(9-14)13-18/h14-16H,4-13H2,1-3H3/q+1. The van der Waals surface area contributed by atoms with Crippen LogP contribution in [-0.4, -0.2) is 44.7 Å². The maximum Gasteiger partial charge on any atom is 0.312 e. The molecule has 0 aromatic carbocycles. The van der Waals surface area contributed by atoms with Crippen molar-refractivity contribution in [2.75, 3.05) is 34.3 Å². The number of ether oxygens (including phenoxy) is 1. The van der Waals surface area contributed by atoms with E-state index >= 15 is 0 Å². The van der Waals surface area contributed by atoms with E-state index in [1.165, 1.54) is 19.3 Å². The second-order valence-corrected chi connectivity index (χ2v) is 9.05. The first-order chi connectivity index (χ1) is 9.86. The van der Waals surface area contributed by atoms with Crippen LogP contribution in [0.25, 0.3) is 0 Å². The van der Waals surface area contributed by atoms with Crippen molar-refractivity contribution >= 4 is 5.97 Å². The molecular weight excluding hydrogens is 262 g/mol. The van der Waals surface area contributed by atoms with Crippen LogP contribution in [0, 0.1) is 23.2 Å². The third kappa shape index (κ3) is 3.44. The van der Waals surface area contributed by atoms with Crippen LogP contribution in [0.4, 0.5) is 0 Å². The molecule has 0 radical (unpaired) electrons. The van der Waals surface area contributed by atoms with Gasteiger partial charge in [-0.05, 0) is 69.1 Å². The van der Waals surface area contributed by atoms with Crippen molar-refractivity contribution in [3.63, 3.8) is 0 Å². The quantitative estimate of drug-likeness (QED) is 0.427. The van der Waals surface area contributed by atoms with Gasteiger partial charge in [-0.1, -0.05) is 0 Å². The fourth-order valence-electron chi connectivity index (χ4n) is 5.37. The molecule has 3 nitrogen and oxygen atoms in total. The molecule has 4 rings (SSSR count). The number of hydrogen-bond donors (Lipinski definition) is 0. The lowest BCUT2D eigenvalue weighted by atomic mass is 9.49. The van der Waals surface area contributed by atoms with Gasteiger partial charge in [0.25, 0.3) is 0 Å². The molecule has 4 saturated carbocycles. The van der Waals surface area contributed by atoms with Gasteiger partial charge < -0.3 is 9.22 Å². The third-order valence-corrected chi connectivity index (χ3v) is 5.93. The molecule has 21 heavy (non-hydrogen) atoms. The number of esters is 1. The van der Waals surface area contributed by atoms with E-state index in [2.05, 4.69) is 21.1 Å². The summed E-state index contributed by atoms with van der Waals surface area (Å²) in [7, 11) is 6.63. The number of carbonyl (C=O) groups excluding carboxylic acids is 1. The number of hydrogen-bond acceptors (Lipinski definition) is 2. The predicted molar refractivity (Wildman–Crippen MR) is 83.7 cm³/mol. The average molecular weight is 294 g/mol. The Morgan fingerprint density at radius 1 is 1.00 bits per heavy atom. The summed E-state index contributed by atoms with van der Waals surface area (Å²) < 4.78 is 6.68. The summed E-state index contributed by atoms with van der Waals surface area (Å²) >= 11 is 0. The summed E-state index contributed by atoms with van der Waals surface area (Å²) in [5.74, 6) is 2.61. The Morgan fingerprint density at radius 3 is 2.00 bits per heavy atom. The molecule has 4 bridgehead atoms. The van der Waals surface area contributed by atoms with Crippen molar-refractivity contribution in [2.24, 2.45) is 23.2 Å². The van der Waals surface area contributed by atoms with Crippen LogP contribution in [0.5, 0.6) is 0 Å². The van der Waals surface area contributed by atoms with E-state index in [4.69, 9.17) is 4.74 Å². The maximum atomic E-state index is 12.6. The lowest BCUT2D eigenvalue weighted by Gasteiger charge is -2.55. The smallest absolute Gasteiger partial charge is 0.312 e. The van der Waals surface area contributed by atoms with Crippen molar-refractivity contribution < 1.29 is 14.0 Å². The molecule has 0 aromatic heterocycles. The minimum absolute atomic E-state index is 0.0746. The van der Waals surface area contributed by atoms with Gasteiger partial charge >= 0.3 is 5.97 Å². The van der Waals surface area contributed by atoms with Gasteiger partial charge in [-0.25, -0.2) is 0 Å². The fourth-order valence-corrected chi connectivity index (χ4v) is 5.37. The van der Waals surface area contributed by atoms with Crippen molar-refractivity contribution in [3.8, 4) is 0 Å². The molecule has 0 aliphatic heterocycles. The Hall–Kier alpha value is -0.570. The highest BCUT2D eigenvalue weighted by molar-refractivity contribution is 5.77. The van der Waals surface area contributed by atoms with E-state index in [-0.39, 0.29) is 11.4 Å². The third-order valence-electron chi connectivity index (χ3n) is 5.93. The van der Waals surface area contributed by atoms with Crippen LogP contribution in [0.1, 0.15) is 51.4 Å². The van der Waals surface area contributed by atoms with Gasteiger partial charge in [0.15, 0.2) is 0 Å². The van der Waals surface area contributed by atoms with Crippen LogP contribution in [0.3, 0.4) is 0 Å². The first kappa shape index (κ1) is 15.3. The van der Waals surface area contributed by atoms with E-state index in [1.54, 1.807) is 0 Å². The molecule has 0 unspecified atom stereocenters. The molecule has 0 spiro atoms. The summed E-state index contributed by atoms with van der Waals surface area (Å²) in [6.07, 6.45) is 9.66. The fraction of sp³-hybridized carbons (Fsp3) is 0.944. The molecular formula is C18H32NO2+. The summed E-state index contributed by atoms with van der Waals surface area (Å²) in [5, 5.41) is 0. The van der Waals surface area contributed by atoms with Gasteiger partial charge in [0.1, 0.15) is 0 Å². The zero-order chi connectivity index (χ0) is 15.1. The maximum absolute atomic E-state index is 12.6. The number of unbranched alkanes of at least 4 members (excludes halogenated alkanes) is 1. The molecule has 3 heteroatoms. The van der Waals surface area contributed by atoms with Crippen LogP contribution in [0.2, 0.25) is 0 Å². The minimum Gasteiger partial charge on any atom is -0.465 e. The van der Waals surface area contributed by atoms with E-state index in [0.29, 0.717) is 6.61 Å². The van der Waals surface area contributed by atoms with E-state index in [1.807, 2.05) is 0 Å². The van der Waals surface area contributed by atoms with Gasteiger partial charge in [0, 0.05) is 0 Å². The molecule has 0 aromatic rings. The molecule has 4 aliphatic carbocycles. The molecule has 0 N–H and O–H groups in total. The van der Waals surface area contributed by atoms with Gasteiger partial charge in [-0.2, -0.15) is 0 Å². The normalized spacial score (nSPS) is 37.8. The topological polar surface area (TPSA) is 26.3 Å². The summed E-state index contributed by atoms with van der Waals surface area (Å²) in [5.41, 5.74) is -0.0746. The molecule has 0 saturated heterocycles. The monoisotopic (exact) mass is 294 g/mol. The summed E-state index contributed by atoms with van der Waals surface area (Å²) in [6, 6.07) is 0. The Labute approximate surface area is 129 Å². The number of carbonyl (C=O) groups is 1. The molecule has 120 valence electrons. The van der Waals surface area contributed by atoms with Crippen LogP contribution >= 0.6 is 0 Å². The number of nitrogens with zero attached hydrogens (tertiary/aromatic N) is 1. The van der Waals surface area contributed by atoms with Crippen molar-refractivity contribution in [1.82, 2.24) is 0 Å². The summed E-state index contributed by atoms with van der Waals surface area (Å²) in [6.45, 7) is 1.77. The van der Waals surface area contributed by atoms with Gasteiger partial charge in [-0.3, -0.25) is 4.79 Å². The zero-order valence-electron chi connectivity index (χ0n) is 14.1. The van der Waals surface area contributed by atoms with Gasteiger partial charge in [0.05, 0.1) is 39.7 Å². The van der Waals surface area contributed by atoms with E-state index < -0.39 is 0 Å². The zero-order valence-corrected chi connectivity index (χ0v) is 14.1. The second-order valence-electron chi connectivity index (χ2n) is 9.05. The molecule has 4 aliphatic rings. The Balaban J connectivity index is 1.45. The van der Waals surface area contributed by atoms with Crippen LogP contribution in [-0.2, 0) is 9.53 Å². The van der Waals surface area contributed by atoms with Crippen LogP contribution < -0.4 is 0 Å². The Kier molecular flexibility index (Phi) is 4.06. The molecule has 4 fully saturated rings. The Morgan fingerprint density at radius 2 is 1.52 bits per heavy atom. The van der Waals surface area contributed by atoms with Crippen molar-refractivity contribution in [3.05, 3.63) is 0 Å². The minimum atomic E-state index is -0.0746. The van der Waals surface area contributed by atoms with E-state index in [0.717, 1.165) is 60.9 Å². The molecule has 0 heterocycles. The SMILES string of the molecule is C[N+](C)(C)CCCCOC(=O)C12CC3CC(CC(C3)C1)C2. The largest absolute Gasteiger partial charge is 0.465 e. The highest BCUT2D eigenvalue weighted by atomic mass is 16.5. The second kappa shape index (κ2) is 5.57. The molecule has 0 atom stereocenters. The number of quaternary nitrogens is 1. The van der Waals surface area contributed by atoms with Crippen molar-refractivity contribution in [2.45, 2.75) is 51.4 Å². The lowest BCUT2D eigenvalue weighted by Crippen LogP contribution is -2.50. The number of rotatable bonds is 6. The van der Waals surface area contributed by atoms with Gasteiger partial charge in [-0.15, -0.1) is 0 Å². The average Bonchev–Trinajstić information content (AvgIpc) is 2.35. The van der Waals surface area contributed by atoms with Crippen molar-refractivity contribution in [1.29, 1.82) is 0 Å². The van der Waals surface area contributed by atoms with E-state index in [9.17, 15) is 4.79 Å².